The Hall–Kier alpha value is -10.7. The van der Waals surface area contributed by atoms with Crippen LogP contribution in [-0.2, 0) is 95.9 Å². The number of aliphatic hydroxyl groups excluding tert-OH is 2. The standard InChI is InChI=1S/C47H70N14O28/c1-17(37(50)79)51-38(80)19(3-6-31(67)68)53-39(81)20(4-7-32(69)70)55-44(86)26(14-35(75)76)60-47(89)28(16-63)61-43(85)24(12-30(49)66)57-46(88)27(15-36(77)78)58-40(82)21(5-8-33(71)72)54-41(83)22(9-10-62)56-45(87)25(13-34(73)74)59-42(84)23(11-29(48)65)52-18(2)64/h17,19-28,62-63H,3-16H2,1-2H3,(H2,48,65)(H2,49,66)(H2,50,79)(H,51,80)(H,52,64)(H,53,81)(H,54,83)(H,55,86)(H,56,87)(H,57,88)(H,58,82)(H,59,84)(H,60,89)(H,61,85)(H,67,68)(H,69,70)(H,71,72)(H,73,74)(H,75,76)(H,77,78)/t17-,19-,20-,21-,22-,23-,24-,25-,26?,27-,28-/m1/s1. The Morgan fingerprint density at radius 3 is 0.764 bits per heavy atom. The Morgan fingerprint density at radius 2 is 0.528 bits per heavy atom. The highest BCUT2D eigenvalue weighted by molar-refractivity contribution is 6.02. The first-order valence-electron chi connectivity index (χ1n) is 26.0. The second-order valence-electron chi connectivity index (χ2n) is 19.1. The first-order chi connectivity index (χ1) is 41.3. The van der Waals surface area contributed by atoms with Crippen molar-refractivity contribution in [3.8, 4) is 0 Å². The minimum Gasteiger partial charge on any atom is -0.481 e. The summed E-state index contributed by atoms with van der Waals surface area (Å²) in [6.07, 6.45) is -11.9. The predicted molar refractivity (Wildman–Crippen MR) is 286 cm³/mol. The average molecular weight is 1280 g/mol. The smallest absolute Gasteiger partial charge is 0.305 e. The molecule has 0 aliphatic carbocycles. The molecule has 0 radical (unpaired) electrons. The van der Waals surface area contributed by atoms with Crippen LogP contribution in [0.25, 0.3) is 0 Å². The number of carboxylic acids is 6. The van der Waals surface area contributed by atoms with E-state index in [9.17, 15) is 137 Å². The zero-order valence-corrected chi connectivity index (χ0v) is 47.2. The third-order valence-electron chi connectivity index (χ3n) is 11.7. The second kappa shape index (κ2) is 39.1. The largest absolute Gasteiger partial charge is 0.481 e. The van der Waals surface area contributed by atoms with Gasteiger partial charge in [0, 0.05) is 32.8 Å². The summed E-state index contributed by atoms with van der Waals surface area (Å²) in [7, 11) is 0. The number of hydrogen-bond acceptors (Lipinski definition) is 22. The molecule has 0 saturated carbocycles. The summed E-state index contributed by atoms with van der Waals surface area (Å²) in [6.45, 7) is -0.362. The molecule has 89 heavy (non-hydrogen) atoms. The fraction of sp³-hybridized carbons (Fsp3) is 0.574. The highest BCUT2D eigenvalue weighted by Gasteiger charge is 2.38. The van der Waals surface area contributed by atoms with Crippen molar-refractivity contribution >= 4 is 119 Å². The lowest BCUT2D eigenvalue weighted by atomic mass is 10.1. The van der Waals surface area contributed by atoms with Crippen molar-refractivity contribution in [2.24, 2.45) is 17.2 Å². The Balaban J connectivity index is 6.85. The number of aliphatic hydroxyl groups is 2. The third-order valence-corrected chi connectivity index (χ3v) is 11.7. The van der Waals surface area contributed by atoms with E-state index in [-0.39, 0.29) is 0 Å². The van der Waals surface area contributed by atoms with E-state index >= 15 is 0 Å². The maximum absolute atomic E-state index is 13.7. The molecule has 0 fully saturated rings. The molecule has 42 nitrogen and oxygen atoms in total. The lowest BCUT2D eigenvalue weighted by Crippen LogP contribution is -2.61. The Labute approximate surface area is 500 Å². The second-order valence-corrected chi connectivity index (χ2v) is 19.1. The molecular weight excluding hydrogens is 1210 g/mol. The summed E-state index contributed by atoms with van der Waals surface area (Å²) in [6, 6.07) is -22.4. The van der Waals surface area contributed by atoms with Gasteiger partial charge in [0.2, 0.25) is 82.7 Å². The SMILES string of the molecule is CC(=O)N[C@H](CC(N)=O)C(=O)N[C@H](CC(=O)O)C(=O)N[C@H](CCO)C(=O)N[C@H](CCC(=O)O)C(=O)N[C@H](CC(=O)O)C(=O)N[C@H](CC(N)=O)C(=O)N[C@H](CO)C(=O)NC(CC(=O)O)C(=O)N[C@H](CCC(=O)O)C(=O)N[C@H](CCC(=O)O)C(=O)N[C@H](C)C(N)=O. The van der Waals surface area contributed by atoms with E-state index in [1.54, 1.807) is 0 Å². The molecule has 1 unspecified atom stereocenters. The van der Waals surface area contributed by atoms with Crippen LogP contribution in [0.15, 0.2) is 0 Å². The van der Waals surface area contributed by atoms with Gasteiger partial charge >= 0.3 is 35.8 Å². The number of hydrogen-bond donors (Lipinski definition) is 22. The molecule has 14 amide bonds. The fourth-order valence-electron chi connectivity index (χ4n) is 7.26. The van der Waals surface area contributed by atoms with Gasteiger partial charge in [-0.3, -0.25) is 95.9 Å². The van der Waals surface area contributed by atoms with Crippen LogP contribution in [0, 0.1) is 0 Å². The zero-order valence-electron chi connectivity index (χ0n) is 47.2. The van der Waals surface area contributed by atoms with Gasteiger partial charge in [-0.15, -0.1) is 0 Å². The van der Waals surface area contributed by atoms with Crippen molar-refractivity contribution < 1.29 is 137 Å². The molecule has 0 aliphatic heterocycles. The van der Waals surface area contributed by atoms with E-state index in [1.165, 1.54) is 0 Å². The van der Waals surface area contributed by atoms with Gasteiger partial charge < -0.3 is 117 Å². The zero-order chi connectivity index (χ0) is 68.6. The maximum atomic E-state index is 13.7. The summed E-state index contributed by atoms with van der Waals surface area (Å²) in [5.74, 6) is -29.5. The number of carbonyl (C=O) groups is 20. The van der Waals surface area contributed by atoms with Crippen molar-refractivity contribution in [3.63, 3.8) is 0 Å². The van der Waals surface area contributed by atoms with Crippen LogP contribution >= 0.6 is 0 Å². The third kappa shape index (κ3) is 31.9. The van der Waals surface area contributed by atoms with Crippen LogP contribution in [0.4, 0.5) is 0 Å². The van der Waals surface area contributed by atoms with Crippen LogP contribution in [-0.4, -0.2) is 239 Å². The Morgan fingerprint density at radius 1 is 0.303 bits per heavy atom. The fourth-order valence-corrected chi connectivity index (χ4v) is 7.26. The van der Waals surface area contributed by atoms with Gasteiger partial charge in [-0.25, -0.2) is 0 Å². The Kier molecular flexibility index (Phi) is 34.4. The van der Waals surface area contributed by atoms with E-state index < -0.39 is 275 Å². The van der Waals surface area contributed by atoms with Gasteiger partial charge in [-0.1, -0.05) is 0 Å². The molecule has 0 rings (SSSR count). The molecule has 11 atom stereocenters. The molecule has 25 N–H and O–H groups in total. The highest BCUT2D eigenvalue weighted by Crippen LogP contribution is 2.09. The minimum atomic E-state index is -2.37. The van der Waals surface area contributed by atoms with E-state index in [0.29, 0.717) is 0 Å². The van der Waals surface area contributed by atoms with Gasteiger partial charge in [0.05, 0.1) is 38.7 Å². The van der Waals surface area contributed by atoms with E-state index in [0.717, 1.165) is 13.8 Å². The lowest BCUT2D eigenvalue weighted by molar-refractivity contribution is -0.143. The molecule has 0 saturated heterocycles. The van der Waals surface area contributed by atoms with E-state index in [1.807, 2.05) is 42.5 Å². The molecule has 0 heterocycles. The number of nitrogens with two attached hydrogens (primary N) is 3. The van der Waals surface area contributed by atoms with Crippen molar-refractivity contribution in [3.05, 3.63) is 0 Å². The van der Waals surface area contributed by atoms with Gasteiger partial charge in [-0.05, 0) is 32.6 Å². The number of rotatable bonds is 44. The number of carboxylic acid groups (broad SMARTS) is 6. The summed E-state index contributed by atoms with van der Waals surface area (Å²) in [4.78, 5) is 251. The summed E-state index contributed by atoms with van der Waals surface area (Å²) >= 11 is 0. The molecule has 0 bridgehead atoms. The van der Waals surface area contributed by atoms with Crippen LogP contribution < -0.4 is 75.7 Å². The highest BCUT2D eigenvalue weighted by atomic mass is 16.4. The topological polar surface area (TPSA) is 714 Å². The van der Waals surface area contributed by atoms with Crippen molar-refractivity contribution in [1.29, 1.82) is 0 Å². The number of primary amides is 3. The van der Waals surface area contributed by atoms with Crippen LogP contribution in [0.3, 0.4) is 0 Å². The average Bonchev–Trinajstić information content (AvgIpc) is 2.72. The number of carbonyl (C=O) groups excluding carboxylic acids is 14. The van der Waals surface area contributed by atoms with Crippen molar-refractivity contribution in [1.82, 2.24) is 58.5 Å². The summed E-state index contributed by atoms with van der Waals surface area (Å²) < 4.78 is 0. The van der Waals surface area contributed by atoms with Gasteiger partial charge in [0.15, 0.2) is 0 Å². The quantitative estimate of drug-likeness (QED) is 0.0269. The monoisotopic (exact) mass is 1280 g/mol. The van der Waals surface area contributed by atoms with Crippen molar-refractivity contribution in [2.75, 3.05) is 13.2 Å². The number of amides is 14. The predicted octanol–water partition coefficient (Wildman–Crippen LogP) is -12.0. The molecule has 0 aromatic rings. The normalized spacial score (nSPS) is 14.4. The van der Waals surface area contributed by atoms with E-state index in [4.69, 9.17) is 17.2 Å². The number of nitrogens with one attached hydrogen (secondary N) is 11. The first-order valence-corrected chi connectivity index (χ1v) is 26.0. The summed E-state index contributed by atoms with van der Waals surface area (Å²) in [5.41, 5.74) is 15.5. The van der Waals surface area contributed by atoms with E-state index in [2.05, 4.69) is 16.0 Å². The molecule has 0 aromatic heterocycles. The summed E-state index contributed by atoms with van der Waals surface area (Å²) in [5, 5.41) is 98.0. The molecule has 0 aliphatic rings. The lowest BCUT2D eigenvalue weighted by Gasteiger charge is -2.27. The molecule has 42 heteroatoms. The van der Waals surface area contributed by atoms with Crippen molar-refractivity contribution in [2.45, 2.75) is 157 Å². The van der Waals surface area contributed by atoms with Gasteiger partial charge in [0.25, 0.3) is 0 Å². The minimum absolute atomic E-state index is 0.658. The molecule has 0 spiro atoms. The van der Waals surface area contributed by atoms with Gasteiger partial charge in [-0.2, -0.15) is 0 Å². The Bertz CT molecular complexity index is 2690. The maximum Gasteiger partial charge on any atom is 0.305 e. The van der Waals surface area contributed by atoms with Crippen LogP contribution in [0.1, 0.15) is 90.9 Å². The van der Waals surface area contributed by atoms with Crippen LogP contribution in [0.5, 0.6) is 0 Å². The molecular formula is C47H70N14O28. The number of aliphatic carboxylic acids is 6. The molecule has 496 valence electrons. The van der Waals surface area contributed by atoms with Crippen LogP contribution in [0.2, 0.25) is 0 Å². The molecule has 0 aromatic carbocycles. The van der Waals surface area contributed by atoms with Gasteiger partial charge in [0.1, 0.15) is 66.5 Å². The first kappa shape index (κ1) is 78.3.